The number of ether oxygens (including phenoxy) is 1. The van der Waals surface area contributed by atoms with Crippen molar-refractivity contribution in [3.63, 3.8) is 0 Å². The molecule has 0 heterocycles. The fourth-order valence-corrected chi connectivity index (χ4v) is 4.36. The molecule has 5 nitrogen and oxygen atoms in total. The fourth-order valence-electron chi connectivity index (χ4n) is 4.36. The van der Waals surface area contributed by atoms with Gasteiger partial charge in [-0.05, 0) is 52.8 Å². The molecule has 0 saturated carbocycles. The summed E-state index contributed by atoms with van der Waals surface area (Å²) in [6, 6.07) is 20.9. The third-order valence-electron chi connectivity index (χ3n) is 5.99. The van der Waals surface area contributed by atoms with E-state index in [1.54, 1.807) is 0 Å². The van der Waals surface area contributed by atoms with Crippen molar-refractivity contribution in [1.82, 2.24) is 5.32 Å². The summed E-state index contributed by atoms with van der Waals surface area (Å²) >= 11 is 0. The maximum absolute atomic E-state index is 12.5. The average molecular weight is 415 g/mol. The SMILES string of the molecule is Cc1cccc(C)c1C[C@@H](NC(=O)OCC1c2ccccc2-c2ccccc21)C(=O)O. The minimum Gasteiger partial charge on any atom is -0.480 e. The predicted octanol–water partition coefficient (Wildman–Crippen LogP) is 4.84. The number of carboxylic acid groups (broad SMARTS) is 1. The smallest absolute Gasteiger partial charge is 0.407 e. The predicted molar refractivity (Wildman–Crippen MR) is 119 cm³/mol. The van der Waals surface area contributed by atoms with Crippen LogP contribution >= 0.6 is 0 Å². The molecule has 4 rings (SSSR count). The summed E-state index contributed by atoms with van der Waals surface area (Å²) in [5, 5.41) is 12.2. The number of nitrogens with one attached hydrogen (secondary N) is 1. The molecule has 1 aliphatic rings. The van der Waals surface area contributed by atoms with Crippen molar-refractivity contribution >= 4 is 12.1 Å². The molecule has 0 aliphatic heterocycles. The largest absolute Gasteiger partial charge is 0.480 e. The van der Waals surface area contributed by atoms with Crippen molar-refractivity contribution < 1.29 is 19.4 Å². The van der Waals surface area contributed by atoms with Crippen LogP contribution in [-0.4, -0.2) is 29.8 Å². The molecule has 0 bridgehead atoms. The maximum Gasteiger partial charge on any atom is 0.407 e. The first kappa shape index (κ1) is 20.7. The second-order valence-corrected chi connectivity index (χ2v) is 7.94. The van der Waals surface area contributed by atoms with Crippen LogP contribution in [0.4, 0.5) is 4.79 Å². The Labute approximate surface area is 181 Å². The van der Waals surface area contributed by atoms with Crippen molar-refractivity contribution in [2.45, 2.75) is 32.2 Å². The van der Waals surface area contributed by atoms with E-state index < -0.39 is 18.1 Å². The third-order valence-corrected chi connectivity index (χ3v) is 5.99. The zero-order valence-corrected chi connectivity index (χ0v) is 17.6. The van der Waals surface area contributed by atoms with Gasteiger partial charge in [0.05, 0.1) is 0 Å². The van der Waals surface area contributed by atoms with Gasteiger partial charge in [-0.15, -0.1) is 0 Å². The van der Waals surface area contributed by atoms with Crippen LogP contribution < -0.4 is 5.32 Å². The number of carboxylic acids is 1. The highest BCUT2D eigenvalue weighted by Gasteiger charge is 2.30. The van der Waals surface area contributed by atoms with Crippen LogP contribution in [0.15, 0.2) is 66.7 Å². The number of fused-ring (bicyclic) bond motifs is 3. The standard InChI is InChI=1S/C26H25NO4/c1-16-8-7-9-17(2)22(16)14-24(25(28)29)27-26(30)31-15-23-20-12-5-3-10-18(20)19-11-4-6-13-21(19)23/h3-13,23-24H,14-15H2,1-2H3,(H,27,30)(H,28,29)/t24-/m1/s1. The van der Waals surface area contributed by atoms with Crippen molar-refractivity contribution in [3.8, 4) is 11.1 Å². The van der Waals surface area contributed by atoms with Crippen molar-refractivity contribution in [1.29, 1.82) is 0 Å². The number of benzene rings is 3. The Balaban J connectivity index is 1.45. The normalized spacial score (nSPS) is 13.2. The average Bonchev–Trinajstić information content (AvgIpc) is 3.08. The molecule has 1 atom stereocenters. The van der Waals surface area contributed by atoms with Gasteiger partial charge in [0, 0.05) is 12.3 Å². The second-order valence-electron chi connectivity index (χ2n) is 7.94. The first-order chi connectivity index (χ1) is 15.0. The number of rotatable bonds is 6. The Morgan fingerprint density at radius 2 is 1.45 bits per heavy atom. The first-order valence-electron chi connectivity index (χ1n) is 10.3. The number of aryl methyl sites for hydroxylation is 2. The monoisotopic (exact) mass is 415 g/mol. The van der Waals surface area contributed by atoms with Crippen LogP contribution in [0.2, 0.25) is 0 Å². The number of aliphatic carboxylic acids is 1. The number of alkyl carbamates (subject to hydrolysis) is 1. The summed E-state index contributed by atoms with van der Waals surface area (Å²) in [5.74, 6) is -1.16. The van der Waals surface area contributed by atoms with E-state index in [2.05, 4.69) is 17.4 Å². The molecular weight excluding hydrogens is 390 g/mol. The molecule has 1 aliphatic carbocycles. The van der Waals surface area contributed by atoms with Crippen molar-refractivity contribution in [2.24, 2.45) is 0 Å². The Hall–Kier alpha value is -3.60. The minimum atomic E-state index is -1.09. The quantitative estimate of drug-likeness (QED) is 0.604. The maximum atomic E-state index is 12.5. The molecule has 2 N–H and O–H groups in total. The minimum absolute atomic E-state index is 0.0694. The van der Waals surface area contributed by atoms with Gasteiger partial charge in [-0.2, -0.15) is 0 Å². The lowest BCUT2D eigenvalue weighted by Gasteiger charge is -2.19. The number of hydrogen-bond acceptors (Lipinski definition) is 3. The van der Waals surface area contributed by atoms with E-state index in [9.17, 15) is 14.7 Å². The summed E-state index contributed by atoms with van der Waals surface area (Å²) in [7, 11) is 0. The second kappa shape index (κ2) is 8.64. The summed E-state index contributed by atoms with van der Waals surface area (Å²) in [6.45, 7) is 4.03. The highest BCUT2D eigenvalue weighted by Crippen LogP contribution is 2.44. The molecule has 0 fully saturated rings. The molecule has 0 saturated heterocycles. The molecular formula is C26H25NO4. The number of carbonyl (C=O) groups is 2. The molecule has 0 unspecified atom stereocenters. The molecule has 3 aromatic carbocycles. The Kier molecular flexibility index (Phi) is 5.76. The molecule has 1 amide bonds. The zero-order chi connectivity index (χ0) is 22.0. The van der Waals surface area contributed by atoms with Gasteiger partial charge in [0.2, 0.25) is 0 Å². The Morgan fingerprint density at radius 1 is 0.903 bits per heavy atom. The van der Waals surface area contributed by atoms with Crippen LogP contribution in [0.3, 0.4) is 0 Å². The molecule has 0 aromatic heterocycles. The number of hydrogen-bond donors (Lipinski definition) is 2. The van der Waals surface area contributed by atoms with E-state index in [1.165, 1.54) is 0 Å². The van der Waals surface area contributed by atoms with Gasteiger partial charge in [-0.25, -0.2) is 9.59 Å². The fraction of sp³-hybridized carbons (Fsp3) is 0.231. The van der Waals surface area contributed by atoms with Gasteiger partial charge in [-0.1, -0.05) is 66.7 Å². The number of carbonyl (C=O) groups excluding carboxylic acids is 1. The van der Waals surface area contributed by atoms with E-state index in [0.717, 1.165) is 38.9 Å². The Morgan fingerprint density at radius 3 is 2.00 bits per heavy atom. The van der Waals surface area contributed by atoms with Gasteiger partial charge in [-0.3, -0.25) is 0 Å². The third kappa shape index (κ3) is 4.17. The topological polar surface area (TPSA) is 75.6 Å². The zero-order valence-electron chi connectivity index (χ0n) is 17.6. The van der Waals surface area contributed by atoms with Crippen molar-refractivity contribution in [2.75, 3.05) is 6.61 Å². The van der Waals surface area contributed by atoms with Crippen LogP contribution in [0.1, 0.15) is 33.7 Å². The van der Waals surface area contributed by atoms with Gasteiger partial charge in [0.25, 0.3) is 0 Å². The first-order valence-corrected chi connectivity index (χ1v) is 10.3. The highest BCUT2D eigenvalue weighted by molar-refractivity contribution is 5.81. The summed E-state index contributed by atoms with van der Waals surface area (Å²) in [5.41, 5.74) is 7.44. The Bertz CT molecular complexity index is 1070. The van der Waals surface area contributed by atoms with Crippen LogP contribution in [0.25, 0.3) is 11.1 Å². The summed E-state index contributed by atoms with van der Waals surface area (Å²) in [6.07, 6.45) is -0.515. The molecule has 0 radical (unpaired) electrons. The van der Waals surface area contributed by atoms with Crippen LogP contribution in [0.5, 0.6) is 0 Å². The molecule has 3 aromatic rings. The van der Waals surface area contributed by atoms with E-state index in [-0.39, 0.29) is 18.9 Å². The summed E-state index contributed by atoms with van der Waals surface area (Å²) in [4.78, 5) is 24.3. The van der Waals surface area contributed by atoms with Gasteiger partial charge in [0.1, 0.15) is 12.6 Å². The highest BCUT2D eigenvalue weighted by atomic mass is 16.5. The molecule has 0 spiro atoms. The molecule has 5 heteroatoms. The lowest BCUT2D eigenvalue weighted by Crippen LogP contribution is -2.43. The van der Waals surface area contributed by atoms with Gasteiger partial charge < -0.3 is 15.2 Å². The number of amides is 1. The lowest BCUT2D eigenvalue weighted by atomic mass is 9.96. The summed E-state index contributed by atoms with van der Waals surface area (Å²) < 4.78 is 5.51. The van der Waals surface area contributed by atoms with Crippen LogP contribution in [-0.2, 0) is 16.0 Å². The molecule has 158 valence electrons. The van der Waals surface area contributed by atoms with E-state index >= 15 is 0 Å². The van der Waals surface area contributed by atoms with E-state index in [1.807, 2.05) is 68.4 Å². The van der Waals surface area contributed by atoms with E-state index in [4.69, 9.17) is 4.74 Å². The molecule has 31 heavy (non-hydrogen) atoms. The lowest BCUT2D eigenvalue weighted by molar-refractivity contribution is -0.139. The van der Waals surface area contributed by atoms with Gasteiger partial charge in [0.15, 0.2) is 0 Å². The van der Waals surface area contributed by atoms with Crippen LogP contribution in [0, 0.1) is 13.8 Å². The van der Waals surface area contributed by atoms with E-state index in [0.29, 0.717) is 0 Å². The van der Waals surface area contributed by atoms with Gasteiger partial charge >= 0.3 is 12.1 Å². The van der Waals surface area contributed by atoms with Crippen molar-refractivity contribution in [3.05, 3.63) is 94.5 Å².